The van der Waals surface area contributed by atoms with E-state index in [9.17, 15) is 13.2 Å². The molecular formula is C16H22N2O3S. The number of nitrogens with zero attached hydrogens (tertiary/aromatic N) is 1. The molecule has 0 radical (unpaired) electrons. The van der Waals surface area contributed by atoms with E-state index in [-0.39, 0.29) is 23.5 Å². The SMILES string of the molecule is NC(=O)C1c2ccccc2CCN1CC1CCS(=O)(=O)CC1. The van der Waals surface area contributed by atoms with Crippen LogP contribution >= 0.6 is 0 Å². The first kappa shape index (κ1) is 15.5. The molecule has 1 atom stereocenters. The van der Waals surface area contributed by atoms with Gasteiger partial charge in [0.15, 0.2) is 0 Å². The standard InChI is InChI=1S/C16H22N2O3S/c17-16(19)15-14-4-2-1-3-13(14)5-8-18(15)11-12-6-9-22(20,21)10-7-12/h1-4,12,15H,5-11H2,(H2,17,19). The number of amides is 1. The number of hydrogen-bond donors (Lipinski definition) is 1. The first-order valence-electron chi connectivity index (χ1n) is 7.78. The summed E-state index contributed by atoms with van der Waals surface area (Å²) >= 11 is 0. The largest absolute Gasteiger partial charge is 0.368 e. The van der Waals surface area contributed by atoms with Crippen LogP contribution in [0.5, 0.6) is 0 Å². The Bertz CT molecular complexity index is 658. The minimum atomic E-state index is -2.85. The molecule has 6 heteroatoms. The van der Waals surface area contributed by atoms with Crippen LogP contribution in [-0.2, 0) is 21.1 Å². The van der Waals surface area contributed by atoms with Crippen molar-refractivity contribution in [3.05, 3.63) is 35.4 Å². The summed E-state index contributed by atoms with van der Waals surface area (Å²) in [6.07, 6.45) is 2.28. The predicted octanol–water partition coefficient (Wildman–Crippen LogP) is 0.896. The predicted molar refractivity (Wildman–Crippen MR) is 85.0 cm³/mol. The smallest absolute Gasteiger partial charge is 0.239 e. The summed E-state index contributed by atoms with van der Waals surface area (Å²) in [5.41, 5.74) is 7.84. The van der Waals surface area contributed by atoms with Gasteiger partial charge in [-0.2, -0.15) is 0 Å². The fourth-order valence-electron chi connectivity index (χ4n) is 3.60. The van der Waals surface area contributed by atoms with E-state index in [1.165, 1.54) is 5.56 Å². The quantitative estimate of drug-likeness (QED) is 0.896. The van der Waals surface area contributed by atoms with Crippen molar-refractivity contribution in [2.45, 2.75) is 25.3 Å². The lowest BCUT2D eigenvalue weighted by molar-refractivity contribution is -0.124. The fraction of sp³-hybridized carbons (Fsp3) is 0.562. The molecule has 0 aromatic heterocycles. The van der Waals surface area contributed by atoms with Crippen LogP contribution < -0.4 is 5.73 Å². The zero-order chi connectivity index (χ0) is 15.7. The summed E-state index contributed by atoms with van der Waals surface area (Å²) in [5, 5.41) is 0. The van der Waals surface area contributed by atoms with Crippen molar-refractivity contribution in [2.75, 3.05) is 24.6 Å². The molecule has 1 aromatic carbocycles. The van der Waals surface area contributed by atoms with E-state index in [2.05, 4.69) is 11.0 Å². The number of fused-ring (bicyclic) bond motifs is 1. The zero-order valence-corrected chi connectivity index (χ0v) is 13.4. The molecule has 0 spiro atoms. The topological polar surface area (TPSA) is 80.5 Å². The average Bonchev–Trinajstić information content (AvgIpc) is 2.48. The second-order valence-electron chi connectivity index (χ2n) is 6.34. The number of carbonyl (C=O) groups excluding carboxylic acids is 1. The number of benzene rings is 1. The lowest BCUT2D eigenvalue weighted by atomic mass is 9.90. The van der Waals surface area contributed by atoms with Crippen LogP contribution in [0.15, 0.2) is 24.3 Å². The number of sulfone groups is 1. The van der Waals surface area contributed by atoms with Crippen LogP contribution in [0.1, 0.15) is 30.0 Å². The lowest BCUT2D eigenvalue weighted by Gasteiger charge is -2.38. The Kier molecular flexibility index (Phi) is 4.23. The highest BCUT2D eigenvalue weighted by molar-refractivity contribution is 7.91. The molecule has 1 aromatic rings. The van der Waals surface area contributed by atoms with E-state index in [1.807, 2.05) is 18.2 Å². The van der Waals surface area contributed by atoms with E-state index in [0.29, 0.717) is 18.8 Å². The molecule has 2 aliphatic heterocycles. The van der Waals surface area contributed by atoms with Crippen molar-refractivity contribution in [2.24, 2.45) is 11.7 Å². The normalized spacial score (nSPS) is 25.5. The van der Waals surface area contributed by atoms with Gasteiger partial charge >= 0.3 is 0 Å². The first-order valence-corrected chi connectivity index (χ1v) is 9.60. The van der Waals surface area contributed by atoms with Crippen LogP contribution in [0.2, 0.25) is 0 Å². The highest BCUT2D eigenvalue weighted by atomic mass is 32.2. The second-order valence-corrected chi connectivity index (χ2v) is 8.65. The molecule has 5 nitrogen and oxygen atoms in total. The molecule has 1 amide bonds. The summed E-state index contributed by atoms with van der Waals surface area (Å²) in [4.78, 5) is 14.1. The van der Waals surface area contributed by atoms with Crippen LogP contribution in [0.4, 0.5) is 0 Å². The van der Waals surface area contributed by atoms with Crippen LogP contribution in [0, 0.1) is 5.92 Å². The number of nitrogens with two attached hydrogens (primary N) is 1. The molecule has 1 unspecified atom stereocenters. The van der Waals surface area contributed by atoms with Crippen molar-refractivity contribution in [1.82, 2.24) is 4.90 Å². The summed E-state index contributed by atoms with van der Waals surface area (Å²) in [6, 6.07) is 7.56. The summed E-state index contributed by atoms with van der Waals surface area (Å²) in [5.74, 6) is 0.540. The molecule has 0 saturated carbocycles. The van der Waals surface area contributed by atoms with E-state index >= 15 is 0 Å². The summed E-state index contributed by atoms with van der Waals surface area (Å²) in [6.45, 7) is 1.55. The van der Waals surface area contributed by atoms with Gasteiger partial charge < -0.3 is 5.73 Å². The molecule has 1 fully saturated rings. The molecule has 2 aliphatic rings. The molecule has 2 N–H and O–H groups in total. The Hall–Kier alpha value is -1.40. The van der Waals surface area contributed by atoms with Gasteiger partial charge in [-0.15, -0.1) is 0 Å². The Labute approximate surface area is 131 Å². The Morgan fingerprint density at radius 3 is 2.59 bits per heavy atom. The number of hydrogen-bond acceptors (Lipinski definition) is 4. The monoisotopic (exact) mass is 322 g/mol. The van der Waals surface area contributed by atoms with E-state index in [1.54, 1.807) is 0 Å². The van der Waals surface area contributed by atoms with Gasteiger partial charge in [0.25, 0.3) is 0 Å². The van der Waals surface area contributed by atoms with Crippen LogP contribution in [0.3, 0.4) is 0 Å². The lowest BCUT2D eigenvalue weighted by Crippen LogP contribution is -2.45. The van der Waals surface area contributed by atoms with Gasteiger partial charge in [-0.25, -0.2) is 8.42 Å². The number of primary amides is 1. The van der Waals surface area contributed by atoms with Gasteiger partial charge in [0.1, 0.15) is 15.9 Å². The number of carbonyl (C=O) groups is 1. The Morgan fingerprint density at radius 2 is 1.91 bits per heavy atom. The summed E-state index contributed by atoms with van der Waals surface area (Å²) in [7, 11) is -2.85. The minimum absolute atomic E-state index is 0.267. The van der Waals surface area contributed by atoms with Gasteiger partial charge in [0, 0.05) is 13.1 Å². The van der Waals surface area contributed by atoms with Gasteiger partial charge in [-0.1, -0.05) is 24.3 Å². The molecule has 120 valence electrons. The summed E-state index contributed by atoms with van der Waals surface area (Å²) < 4.78 is 23.1. The van der Waals surface area contributed by atoms with E-state index in [0.717, 1.165) is 25.1 Å². The second kappa shape index (κ2) is 6.01. The van der Waals surface area contributed by atoms with Crippen LogP contribution in [-0.4, -0.2) is 43.8 Å². The van der Waals surface area contributed by atoms with Crippen molar-refractivity contribution in [3.63, 3.8) is 0 Å². The molecular weight excluding hydrogens is 300 g/mol. The van der Waals surface area contributed by atoms with Gasteiger partial charge in [-0.3, -0.25) is 9.69 Å². The Balaban J connectivity index is 1.75. The maximum atomic E-state index is 12.0. The van der Waals surface area contributed by atoms with Crippen molar-refractivity contribution >= 4 is 15.7 Å². The zero-order valence-electron chi connectivity index (χ0n) is 12.6. The third kappa shape index (κ3) is 3.17. The van der Waals surface area contributed by atoms with E-state index in [4.69, 9.17) is 5.73 Å². The van der Waals surface area contributed by atoms with E-state index < -0.39 is 9.84 Å². The van der Waals surface area contributed by atoms with Gasteiger partial charge in [0.2, 0.25) is 5.91 Å². The number of rotatable bonds is 3. The van der Waals surface area contributed by atoms with Crippen molar-refractivity contribution < 1.29 is 13.2 Å². The molecule has 1 saturated heterocycles. The molecule has 2 heterocycles. The Morgan fingerprint density at radius 1 is 1.23 bits per heavy atom. The minimum Gasteiger partial charge on any atom is -0.368 e. The highest BCUT2D eigenvalue weighted by Crippen LogP contribution is 2.31. The van der Waals surface area contributed by atoms with Crippen molar-refractivity contribution in [3.8, 4) is 0 Å². The first-order chi connectivity index (χ1) is 10.5. The maximum Gasteiger partial charge on any atom is 0.239 e. The highest BCUT2D eigenvalue weighted by Gasteiger charge is 2.34. The molecule has 0 aliphatic carbocycles. The fourth-order valence-corrected chi connectivity index (χ4v) is 5.19. The maximum absolute atomic E-state index is 12.0. The average molecular weight is 322 g/mol. The molecule has 22 heavy (non-hydrogen) atoms. The molecule has 0 bridgehead atoms. The van der Waals surface area contributed by atoms with Gasteiger partial charge in [-0.05, 0) is 36.3 Å². The third-order valence-electron chi connectivity index (χ3n) is 4.82. The van der Waals surface area contributed by atoms with Gasteiger partial charge in [0.05, 0.1) is 11.5 Å². The third-order valence-corrected chi connectivity index (χ3v) is 6.54. The molecule has 3 rings (SSSR count). The van der Waals surface area contributed by atoms with Crippen LogP contribution in [0.25, 0.3) is 0 Å². The van der Waals surface area contributed by atoms with Crippen molar-refractivity contribution in [1.29, 1.82) is 0 Å².